The van der Waals surface area contributed by atoms with Crippen molar-refractivity contribution in [2.24, 2.45) is 0 Å². The smallest absolute Gasteiger partial charge is 0.322 e. The van der Waals surface area contributed by atoms with Gasteiger partial charge in [-0.05, 0) is 30.7 Å². The van der Waals surface area contributed by atoms with Crippen LogP contribution in [0, 0.1) is 6.92 Å². The number of aromatic nitrogens is 4. The quantitative estimate of drug-likeness (QED) is 0.506. The van der Waals surface area contributed by atoms with Crippen molar-refractivity contribution in [3.05, 3.63) is 81.0 Å². The van der Waals surface area contributed by atoms with E-state index in [-0.39, 0.29) is 16.8 Å². The van der Waals surface area contributed by atoms with Crippen LogP contribution < -0.4 is 11.0 Å². The number of carbonyl (C=O) groups is 1. The number of amides is 1. The minimum absolute atomic E-state index is 0.282. The number of carbonyl (C=O) groups excluding carboxylic acids is 1. The van der Waals surface area contributed by atoms with Crippen LogP contribution in [0.1, 0.15) is 21.6 Å². The van der Waals surface area contributed by atoms with Crippen molar-refractivity contribution in [3.63, 3.8) is 0 Å². The summed E-state index contributed by atoms with van der Waals surface area (Å²) < 4.78 is 1.61. The maximum absolute atomic E-state index is 12.7. The molecule has 2 aromatic heterocycles. The Labute approximate surface area is 159 Å². The molecule has 0 bridgehead atoms. The van der Waals surface area contributed by atoms with Crippen molar-refractivity contribution >= 4 is 34.2 Å². The molecule has 0 aliphatic rings. The number of nitrogens with zero attached hydrogens (tertiary/aromatic N) is 2. The fourth-order valence-electron chi connectivity index (χ4n) is 2.98. The maximum Gasteiger partial charge on any atom is 0.323 e. The Bertz CT molecular complexity index is 1190. The lowest BCUT2D eigenvalue weighted by Crippen LogP contribution is -2.13. The van der Waals surface area contributed by atoms with Crippen molar-refractivity contribution in [1.29, 1.82) is 0 Å². The van der Waals surface area contributed by atoms with Crippen molar-refractivity contribution in [2.45, 2.75) is 13.5 Å². The van der Waals surface area contributed by atoms with Crippen LogP contribution in [0.5, 0.6) is 0 Å². The normalized spacial score (nSPS) is 11.0. The Balaban J connectivity index is 1.60. The molecular weight excluding hydrogens is 366 g/mol. The largest absolute Gasteiger partial charge is 0.323 e. The predicted molar refractivity (Wildman–Crippen MR) is 104 cm³/mol. The minimum atomic E-state index is -0.353. The summed E-state index contributed by atoms with van der Waals surface area (Å²) in [5, 5.41) is 7.48. The third kappa shape index (κ3) is 3.37. The highest BCUT2D eigenvalue weighted by molar-refractivity contribution is 6.33. The van der Waals surface area contributed by atoms with Gasteiger partial charge in [-0.2, -0.15) is 5.10 Å². The molecule has 27 heavy (non-hydrogen) atoms. The lowest BCUT2D eigenvalue weighted by Gasteiger charge is -2.06. The fourth-order valence-corrected chi connectivity index (χ4v) is 3.30. The first-order valence-electron chi connectivity index (χ1n) is 8.31. The SMILES string of the molecule is Cc1nn(Cc2ccccc2)c(Cl)c1C(=O)Nc1ccc2[nH]c(=O)[nH]c2c1. The molecule has 0 saturated heterocycles. The number of imidazole rings is 1. The summed E-state index contributed by atoms with van der Waals surface area (Å²) in [6.07, 6.45) is 0. The van der Waals surface area contributed by atoms with E-state index in [1.165, 1.54) is 0 Å². The molecule has 0 aliphatic heterocycles. The van der Waals surface area contributed by atoms with E-state index in [0.717, 1.165) is 5.56 Å². The molecule has 0 radical (unpaired) electrons. The fraction of sp³-hybridized carbons (Fsp3) is 0.105. The molecule has 136 valence electrons. The zero-order valence-electron chi connectivity index (χ0n) is 14.4. The maximum atomic E-state index is 12.7. The van der Waals surface area contributed by atoms with E-state index in [0.29, 0.717) is 34.5 Å². The number of hydrogen-bond donors (Lipinski definition) is 3. The van der Waals surface area contributed by atoms with Gasteiger partial charge in [0.05, 0.1) is 28.8 Å². The van der Waals surface area contributed by atoms with Crippen LogP contribution in [-0.2, 0) is 6.54 Å². The van der Waals surface area contributed by atoms with Crippen molar-refractivity contribution in [2.75, 3.05) is 5.32 Å². The molecule has 0 spiro atoms. The van der Waals surface area contributed by atoms with E-state index in [9.17, 15) is 9.59 Å². The number of halogens is 1. The van der Waals surface area contributed by atoms with Crippen LogP contribution >= 0.6 is 11.6 Å². The molecule has 0 unspecified atom stereocenters. The zero-order valence-corrected chi connectivity index (χ0v) is 15.2. The molecule has 3 N–H and O–H groups in total. The van der Waals surface area contributed by atoms with Crippen LogP contribution in [0.2, 0.25) is 5.15 Å². The standard InChI is InChI=1S/C19H16ClN5O2/c1-11-16(17(20)25(24-11)10-12-5-3-2-4-6-12)18(26)21-13-7-8-14-15(9-13)23-19(27)22-14/h2-9H,10H2,1H3,(H,21,26)(H2,22,23,27). The lowest BCUT2D eigenvalue weighted by atomic mass is 10.2. The van der Waals surface area contributed by atoms with Gasteiger partial charge in [0.2, 0.25) is 0 Å². The van der Waals surface area contributed by atoms with Gasteiger partial charge in [-0.1, -0.05) is 41.9 Å². The van der Waals surface area contributed by atoms with E-state index in [4.69, 9.17) is 11.6 Å². The molecule has 0 aliphatic carbocycles. The molecule has 4 aromatic rings. The number of anilines is 1. The zero-order chi connectivity index (χ0) is 19.0. The van der Waals surface area contributed by atoms with E-state index < -0.39 is 0 Å². The van der Waals surface area contributed by atoms with Gasteiger partial charge in [0.1, 0.15) is 5.15 Å². The van der Waals surface area contributed by atoms with Gasteiger partial charge in [0, 0.05) is 5.69 Å². The number of benzene rings is 2. The topological polar surface area (TPSA) is 95.6 Å². The number of aromatic amines is 2. The molecule has 7 nitrogen and oxygen atoms in total. The van der Waals surface area contributed by atoms with Gasteiger partial charge >= 0.3 is 5.69 Å². The molecular formula is C19H16ClN5O2. The summed E-state index contributed by atoms with van der Waals surface area (Å²) in [6, 6.07) is 14.9. The number of H-pyrrole nitrogens is 2. The van der Waals surface area contributed by atoms with Gasteiger partial charge in [-0.3, -0.25) is 4.79 Å². The number of nitrogens with one attached hydrogen (secondary N) is 3. The third-order valence-corrected chi connectivity index (χ3v) is 4.63. The van der Waals surface area contributed by atoms with Crippen LogP contribution in [0.3, 0.4) is 0 Å². The Morgan fingerprint density at radius 1 is 1.15 bits per heavy atom. The van der Waals surface area contributed by atoms with E-state index in [2.05, 4.69) is 20.4 Å². The molecule has 0 saturated carbocycles. The first kappa shape index (κ1) is 17.1. The Hall–Kier alpha value is -3.32. The highest BCUT2D eigenvalue weighted by Gasteiger charge is 2.20. The summed E-state index contributed by atoms with van der Waals surface area (Å²) in [6.45, 7) is 2.22. The summed E-state index contributed by atoms with van der Waals surface area (Å²) in [5.41, 5.74) is 3.45. The van der Waals surface area contributed by atoms with E-state index >= 15 is 0 Å². The average Bonchev–Trinajstić information content (AvgIpc) is 3.14. The van der Waals surface area contributed by atoms with Gasteiger partial charge in [-0.25, -0.2) is 9.48 Å². The number of hydrogen-bond acceptors (Lipinski definition) is 3. The summed E-state index contributed by atoms with van der Waals surface area (Å²) in [5.74, 6) is -0.353. The molecule has 8 heteroatoms. The predicted octanol–water partition coefficient (Wildman–Crippen LogP) is 3.32. The van der Waals surface area contributed by atoms with Crippen molar-refractivity contribution < 1.29 is 4.79 Å². The second kappa shape index (κ2) is 6.77. The van der Waals surface area contributed by atoms with Crippen molar-refractivity contribution in [3.8, 4) is 0 Å². The lowest BCUT2D eigenvalue weighted by molar-refractivity contribution is 0.102. The van der Waals surface area contributed by atoms with Gasteiger partial charge in [0.15, 0.2) is 0 Å². The second-order valence-electron chi connectivity index (χ2n) is 6.19. The second-order valence-corrected chi connectivity index (χ2v) is 6.55. The monoisotopic (exact) mass is 381 g/mol. The molecule has 0 fully saturated rings. The highest BCUT2D eigenvalue weighted by atomic mass is 35.5. The Morgan fingerprint density at radius 3 is 2.67 bits per heavy atom. The Morgan fingerprint density at radius 2 is 1.89 bits per heavy atom. The molecule has 4 rings (SSSR count). The van der Waals surface area contributed by atoms with E-state index in [1.54, 1.807) is 29.8 Å². The number of fused-ring (bicyclic) bond motifs is 1. The first-order valence-corrected chi connectivity index (χ1v) is 8.69. The summed E-state index contributed by atoms with van der Waals surface area (Å²) in [7, 11) is 0. The third-order valence-electron chi connectivity index (χ3n) is 4.24. The molecule has 2 heterocycles. The Kier molecular flexibility index (Phi) is 4.29. The molecule has 2 aromatic carbocycles. The first-order chi connectivity index (χ1) is 13.0. The van der Waals surface area contributed by atoms with Gasteiger partial charge in [-0.15, -0.1) is 0 Å². The minimum Gasteiger partial charge on any atom is -0.322 e. The molecule has 0 atom stereocenters. The van der Waals surface area contributed by atoms with Gasteiger partial charge in [0.25, 0.3) is 5.91 Å². The number of aryl methyl sites for hydroxylation is 1. The van der Waals surface area contributed by atoms with Crippen LogP contribution in [0.4, 0.5) is 5.69 Å². The van der Waals surface area contributed by atoms with Crippen LogP contribution in [-0.4, -0.2) is 25.7 Å². The van der Waals surface area contributed by atoms with Gasteiger partial charge < -0.3 is 15.3 Å². The molecule has 1 amide bonds. The summed E-state index contributed by atoms with van der Waals surface area (Å²) >= 11 is 6.43. The van der Waals surface area contributed by atoms with Crippen LogP contribution in [0.25, 0.3) is 11.0 Å². The summed E-state index contributed by atoms with van der Waals surface area (Å²) in [4.78, 5) is 29.4. The van der Waals surface area contributed by atoms with Crippen LogP contribution in [0.15, 0.2) is 53.3 Å². The van der Waals surface area contributed by atoms with E-state index in [1.807, 2.05) is 30.3 Å². The average molecular weight is 382 g/mol. The highest BCUT2D eigenvalue weighted by Crippen LogP contribution is 2.23. The number of rotatable bonds is 4. The van der Waals surface area contributed by atoms with Crippen molar-refractivity contribution in [1.82, 2.24) is 19.7 Å².